The Bertz CT molecular complexity index is 333. The molecule has 0 aromatic carbocycles. The van der Waals surface area contributed by atoms with Gasteiger partial charge >= 0.3 is 109 Å². The molecule has 1 unspecified atom stereocenters. The quantitative estimate of drug-likeness (QED) is 0.519. The van der Waals surface area contributed by atoms with Crippen LogP contribution >= 0.6 is 0 Å². The van der Waals surface area contributed by atoms with Gasteiger partial charge in [-0.3, -0.25) is 0 Å². The maximum atomic E-state index is 11.0. The molecular weight excluding hydrogens is 257 g/mol. The Balaban J connectivity index is 4.22. The minimum atomic E-state index is -4.05. The molecule has 0 fully saturated rings. The van der Waals surface area contributed by atoms with Gasteiger partial charge < -0.3 is 0 Å². The molecule has 0 aliphatic heterocycles. The molecule has 0 spiro atoms. The minimum absolute atomic E-state index is 0.0192. The van der Waals surface area contributed by atoms with Gasteiger partial charge in [0.05, 0.1) is 0 Å². The molecule has 2 N–H and O–H groups in total. The van der Waals surface area contributed by atoms with Gasteiger partial charge in [0, 0.05) is 0 Å². The van der Waals surface area contributed by atoms with Crippen molar-refractivity contribution >= 4 is 16.1 Å². The molecule has 6 nitrogen and oxygen atoms in total. The first-order chi connectivity index (χ1) is 8.33. The van der Waals surface area contributed by atoms with Crippen molar-refractivity contribution in [2.24, 2.45) is 5.92 Å². The molecule has 0 aromatic rings. The van der Waals surface area contributed by atoms with Crippen LogP contribution in [0.15, 0.2) is 0 Å². The molecule has 0 heterocycles. The first-order valence-corrected chi connectivity index (χ1v) is 7.64. The van der Waals surface area contributed by atoms with Crippen molar-refractivity contribution in [3.8, 4) is 0 Å². The van der Waals surface area contributed by atoms with Crippen LogP contribution in [0.1, 0.15) is 26.7 Å². The molecule has 18 heavy (non-hydrogen) atoms. The Morgan fingerprint density at radius 1 is 1.17 bits per heavy atom. The van der Waals surface area contributed by atoms with E-state index in [1.165, 1.54) is 0 Å². The number of hydrogen-bond donors (Lipinski definition) is 2. The van der Waals surface area contributed by atoms with E-state index in [2.05, 4.69) is 13.8 Å². The third kappa shape index (κ3) is 7.20. The van der Waals surface area contributed by atoms with E-state index in [0.717, 1.165) is 13.0 Å². The van der Waals surface area contributed by atoms with Crippen LogP contribution in [-0.2, 0) is 14.4 Å². The Labute approximate surface area is 109 Å². The van der Waals surface area contributed by atoms with E-state index < -0.39 is 15.1 Å². The molecule has 0 aromatic heterocycles. The number of aliphatic hydroxyl groups is 2. The van der Waals surface area contributed by atoms with Gasteiger partial charge in [-0.15, -0.1) is 0 Å². The number of aliphatic hydroxyl groups excluding tert-OH is 2. The van der Waals surface area contributed by atoms with Gasteiger partial charge in [0.25, 0.3) is 0 Å². The summed E-state index contributed by atoms with van der Waals surface area (Å²) >= 11 is 0. The van der Waals surface area contributed by atoms with Gasteiger partial charge in [-0.05, 0) is 0 Å². The first kappa shape index (κ1) is 17.7. The van der Waals surface area contributed by atoms with Crippen LogP contribution in [0.2, 0.25) is 0 Å². The second-order valence-electron chi connectivity index (χ2n) is 4.68. The Morgan fingerprint density at radius 3 is 2.17 bits per heavy atom. The fourth-order valence-corrected chi connectivity index (χ4v) is 2.00. The number of rotatable bonds is 10. The molecule has 0 saturated carbocycles. The maximum absolute atomic E-state index is 11.0. The second kappa shape index (κ2) is 8.74. The van der Waals surface area contributed by atoms with Gasteiger partial charge in [0.1, 0.15) is 0 Å². The summed E-state index contributed by atoms with van der Waals surface area (Å²) in [5.41, 5.74) is -1.66. The van der Waals surface area contributed by atoms with Crippen molar-refractivity contribution in [3.05, 3.63) is 0 Å². The number of hydrogen-bond acceptors (Lipinski definition) is 6. The van der Waals surface area contributed by atoms with Crippen LogP contribution in [0, 0.1) is 5.92 Å². The Morgan fingerprint density at radius 2 is 1.72 bits per heavy atom. The van der Waals surface area contributed by atoms with Crippen molar-refractivity contribution in [1.29, 1.82) is 0 Å². The van der Waals surface area contributed by atoms with Gasteiger partial charge in [0.2, 0.25) is 0 Å². The normalized spacial score (nSPS) is 13.9. The summed E-state index contributed by atoms with van der Waals surface area (Å²) in [4.78, 5) is 1.88. The Kier molecular flexibility index (Phi) is 8.59. The molecular formula is C10H22BNO5S. The molecule has 0 rings (SSSR count). The molecule has 0 amide bonds. The number of nitrogens with zero attached hydrogens (tertiary/aromatic N) is 1. The third-order valence-corrected chi connectivity index (χ3v) is 3.91. The monoisotopic (exact) mass is 279 g/mol. The van der Waals surface area contributed by atoms with E-state index in [-0.39, 0.29) is 19.5 Å². The van der Waals surface area contributed by atoms with Crippen molar-refractivity contribution in [3.63, 3.8) is 0 Å². The van der Waals surface area contributed by atoms with E-state index >= 15 is 0 Å². The molecule has 0 saturated heterocycles. The average Bonchev–Trinajstić information content (AvgIpc) is 2.32. The Hall–Kier alpha value is -0.305. The zero-order chi connectivity index (χ0) is 14.2. The first-order valence-electron chi connectivity index (χ1n) is 6.03. The van der Waals surface area contributed by atoms with Crippen molar-refractivity contribution in [2.45, 2.75) is 32.1 Å². The molecule has 8 heteroatoms. The standard InChI is InChI=1S/C10H22BNO5S/c1-9(2)3-5-12(7-8-13)6-4-10(14)18(16,17)11-15/h9-10,13-14H,3-8H2,1-2H3. The second-order valence-corrected chi connectivity index (χ2v) is 6.59. The summed E-state index contributed by atoms with van der Waals surface area (Å²) in [7, 11) is -4.05. The molecule has 0 radical (unpaired) electrons. The predicted octanol–water partition coefficient (Wildman–Crippen LogP) is -0.585. The predicted molar refractivity (Wildman–Crippen MR) is 69.0 cm³/mol. The third-order valence-electron chi connectivity index (χ3n) is 2.64. The fraction of sp³-hybridized carbons (Fsp3) is 1.00. The van der Waals surface area contributed by atoms with E-state index in [1.54, 1.807) is 0 Å². The molecule has 1 atom stereocenters. The summed E-state index contributed by atoms with van der Waals surface area (Å²) in [6.07, 6.45) is 0.678. The molecule has 0 aliphatic rings. The van der Waals surface area contributed by atoms with Gasteiger partial charge in [-0.25, -0.2) is 0 Å². The van der Waals surface area contributed by atoms with Crippen LogP contribution in [0.25, 0.3) is 0 Å². The van der Waals surface area contributed by atoms with Crippen molar-refractivity contribution in [2.75, 3.05) is 26.2 Å². The van der Waals surface area contributed by atoms with Crippen molar-refractivity contribution < 1.29 is 23.3 Å². The van der Waals surface area contributed by atoms with E-state index in [1.807, 2.05) is 4.90 Å². The van der Waals surface area contributed by atoms with E-state index in [0.29, 0.717) is 19.0 Å². The van der Waals surface area contributed by atoms with E-state index in [4.69, 9.17) is 5.11 Å². The van der Waals surface area contributed by atoms with Gasteiger partial charge in [-0.1, -0.05) is 0 Å². The van der Waals surface area contributed by atoms with Gasteiger partial charge in [0.15, 0.2) is 0 Å². The topological polar surface area (TPSA) is 94.9 Å². The average molecular weight is 279 g/mol. The summed E-state index contributed by atoms with van der Waals surface area (Å²) < 4.78 is 32.4. The summed E-state index contributed by atoms with van der Waals surface area (Å²) in [5, 5.41) is 18.3. The van der Waals surface area contributed by atoms with Crippen LogP contribution < -0.4 is 0 Å². The summed E-state index contributed by atoms with van der Waals surface area (Å²) in [6, 6.07) is 0. The zero-order valence-electron chi connectivity index (χ0n) is 10.9. The van der Waals surface area contributed by atoms with Crippen LogP contribution in [-0.4, -0.2) is 61.6 Å². The summed E-state index contributed by atoms with van der Waals surface area (Å²) in [6.45, 7) is 5.62. The van der Waals surface area contributed by atoms with Crippen LogP contribution in [0.5, 0.6) is 0 Å². The molecule has 0 aliphatic carbocycles. The van der Waals surface area contributed by atoms with Crippen molar-refractivity contribution in [1.82, 2.24) is 4.90 Å². The van der Waals surface area contributed by atoms with Crippen LogP contribution in [0.4, 0.5) is 0 Å². The van der Waals surface area contributed by atoms with E-state index in [9.17, 15) is 18.2 Å². The van der Waals surface area contributed by atoms with Crippen LogP contribution in [0.3, 0.4) is 0 Å². The SMILES string of the molecule is CC(C)CCN(CCO)CCC(O)S(=O)(=O)B=O. The zero-order valence-corrected chi connectivity index (χ0v) is 11.8. The van der Waals surface area contributed by atoms with Gasteiger partial charge in [-0.2, -0.15) is 0 Å². The fourth-order valence-electron chi connectivity index (χ4n) is 1.44. The molecule has 0 bridgehead atoms. The summed E-state index contributed by atoms with van der Waals surface area (Å²) in [5.74, 6) is 0.509. The molecule has 106 valence electrons.